The molecule has 2 amide bonds. The SMILES string of the molecule is Cc1ccc(CNC(=O)CSCC(=O)N2CCCCC2)cc1. The molecule has 1 saturated heterocycles. The minimum absolute atomic E-state index is 0.0166. The number of carbonyl (C=O) groups excluding carboxylic acids is 2. The molecule has 1 fully saturated rings. The third kappa shape index (κ3) is 5.72. The summed E-state index contributed by atoms with van der Waals surface area (Å²) >= 11 is 1.40. The molecule has 0 saturated carbocycles. The zero-order valence-corrected chi connectivity index (χ0v) is 14.0. The van der Waals surface area contributed by atoms with Crippen LogP contribution in [0.2, 0.25) is 0 Å². The molecular weight excluding hydrogens is 296 g/mol. The number of amides is 2. The van der Waals surface area contributed by atoms with Crippen LogP contribution in [0.5, 0.6) is 0 Å². The lowest BCUT2D eigenvalue weighted by Crippen LogP contribution is -2.37. The summed E-state index contributed by atoms with van der Waals surface area (Å²) < 4.78 is 0. The molecule has 1 aliphatic rings. The van der Waals surface area contributed by atoms with E-state index in [0.717, 1.165) is 31.5 Å². The maximum Gasteiger partial charge on any atom is 0.232 e. The van der Waals surface area contributed by atoms with Crippen LogP contribution in [0.25, 0.3) is 0 Å². The topological polar surface area (TPSA) is 49.4 Å². The van der Waals surface area contributed by atoms with E-state index in [1.807, 2.05) is 36.1 Å². The zero-order chi connectivity index (χ0) is 15.8. The van der Waals surface area contributed by atoms with Gasteiger partial charge in [0, 0.05) is 19.6 Å². The number of hydrogen-bond donors (Lipinski definition) is 1. The highest BCUT2D eigenvalue weighted by Crippen LogP contribution is 2.11. The van der Waals surface area contributed by atoms with Crippen molar-refractivity contribution in [3.05, 3.63) is 35.4 Å². The van der Waals surface area contributed by atoms with Crippen molar-refractivity contribution in [2.24, 2.45) is 0 Å². The molecule has 1 N–H and O–H groups in total. The molecule has 1 aromatic rings. The summed E-state index contributed by atoms with van der Waals surface area (Å²) in [4.78, 5) is 25.7. The van der Waals surface area contributed by atoms with Gasteiger partial charge in [0.15, 0.2) is 0 Å². The van der Waals surface area contributed by atoms with E-state index in [1.165, 1.54) is 23.7 Å². The highest BCUT2D eigenvalue weighted by Gasteiger charge is 2.16. The van der Waals surface area contributed by atoms with Crippen molar-refractivity contribution in [2.75, 3.05) is 24.6 Å². The number of likely N-dealkylation sites (tertiary alicyclic amines) is 1. The standard InChI is InChI=1S/C17H24N2O2S/c1-14-5-7-15(8-6-14)11-18-16(20)12-22-13-17(21)19-9-3-2-4-10-19/h5-8H,2-4,9-13H2,1H3,(H,18,20). The van der Waals surface area contributed by atoms with Gasteiger partial charge in [-0.15, -0.1) is 11.8 Å². The fourth-order valence-corrected chi connectivity index (χ4v) is 3.17. The average Bonchev–Trinajstić information content (AvgIpc) is 2.55. The van der Waals surface area contributed by atoms with Crippen molar-refractivity contribution < 1.29 is 9.59 Å². The fourth-order valence-electron chi connectivity index (χ4n) is 2.42. The highest BCUT2D eigenvalue weighted by atomic mass is 32.2. The van der Waals surface area contributed by atoms with Gasteiger partial charge in [-0.3, -0.25) is 9.59 Å². The first-order valence-corrected chi connectivity index (χ1v) is 8.98. The van der Waals surface area contributed by atoms with Crippen LogP contribution in [0.4, 0.5) is 0 Å². The Morgan fingerprint density at radius 1 is 1.09 bits per heavy atom. The number of benzene rings is 1. The smallest absolute Gasteiger partial charge is 0.232 e. The van der Waals surface area contributed by atoms with E-state index in [4.69, 9.17) is 0 Å². The van der Waals surface area contributed by atoms with Gasteiger partial charge in [0.05, 0.1) is 11.5 Å². The van der Waals surface area contributed by atoms with Crippen molar-refractivity contribution in [1.29, 1.82) is 0 Å². The summed E-state index contributed by atoms with van der Waals surface area (Å²) in [5, 5.41) is 2.89. The summed E-state index contributed by atoms with van der Waals surface area (Å²) in [6, 6.07) is 8.10. The van der Waals surface area contributed by atoms with Gasteiger partial charge in [-0.2, -0.15) is 0 Å². The first kappa shape index (κ1) is 16.9. The molecule has 0 bridgehead atoms. The first-order chi connectivity index (χ1) is 10.6. The van der Waals surface area contributed by atoms with Gasteiger partial charge in [0.1, 0.15) is 0 Å². The van der Waals surface area contributed by atoms with Gasteiger partial charge in [-0.25, -0.2) is 0 Å². The summed E-state index contributed by atoms with van der Waals surface area (Å²) in [5.74, 6) is 0.886. The van der Waals surface area contributed by atoms with Gasteiger partial charge >= 0.3 is 0 Å². The molecular formula is C17H24N2O2S. The molecule has 0 aromatic heterocycles. The molecule has 0 radical (unpaired) electrons. The average molecular weight is 320 g/mol. The maximum absolute atomic E-state index is 12.0. The van der Waals surface area contributed by atoms with E-state index >= 15 is 0 Å². The number of thioether (sulfide) groups is 1. The Bertz CT molecular complexity index is 496. The van der Waals surface area contributed by atoms with Gasteiger partial charge in [0.2, 0.25) is 11.8 Å². The van der Waals surface area contributed by atoms with Crippen molar-refractivity contribution in [2.45, 2.75) is 32.7 Å². The number of piperidine rings is 1. The number of hydrogen-bond acceptors (Lipinski definition) is 3. The lowest BCUT2D eigenvalue weighted by Gasteiger charge is -2.26. The van der Waals surface area contributed by atoms with E-state index in [0.29, 0.717) is 18.1 Å². The Morgan fingerprint density at radius 3 is 2.45 bits per heavy atom. The third-order valence-corrected chi connectivity index (χ3v) is 4.70. The zero-order valence-electron chi connectivity index (χ0n) is 13.1. The quantitative estimate of drug-likeness (QED) is 0.875. The summed E-state index contributed by atoms with van der Waals surface area (Å²) in [6.07, 6.45) is 3.43. The summed E-state index contributed by atoms with van der Waals surface area (Å²) in [6.45, 7) is 4.33. The van der Waals surface area contributed by atoms with E-state index in [1.54, 1.807) is 0 Å². The molecule has 2 rings (SSSR count). The van der Waals surface area contributed by atoms with Crippen LogP contribution in [-0.4, -0.2) is 41.3 Å². The monoisotopic (exact) mass is 320 g/mol. The lowest BCUT2D eigenvalue weighted by molar-refractivity contribution is -0.129. The molecule has 1 aromatic carbocycles. The number of nitrogens with one attached hydrogen (secondary N) is 1. The molecule has 5 heteroatoms. The van der Waals surface area contributed by atoms with Crippen LogP contribution in [0, 0.1) is 6.92 Å². The van der Waals surface area contributed by atoms with Crippen LogP contribution in [0.1, 0.15) is 30.4 Å². The molecule has 22 heavy (non-hydrogen) atoms. The van der Waals surface area contributed by atoms with Crippen molar-refractivity contribution >= 4 is 23.6 Å². The van der Waals surface area contributed by atoms with Crippen molar-refractivity contribution in [3.63, 3.8) is 0 Å². The second-order valence-corrected chi connectivity index (χ2v) is 6.68. The van der Waals surface area contributed by atoms with E-state index in [9.17, 15) is 9.59 Å². The van der Waals surface area contributed by atoms with Crippen LogP contribution in [0.15, 0.2) is 24.3 Å². The largest absolute Gasteiger partial charge is 0.351 e. The molecule has 0 atom stereocenters. The first-order valence-electron chi connectivity index (χ1n) is 7.83. The molecule has 0 unspecified atom stereocenters. The van der Waals surface area contributed by atoms with Gasteiger partial charge in [-0.1, -0.05) is 29.8 Å². The number of carbonyl (C=O) groups is 2. The molecule has 4 nitrogen and oxygen atoms in total. The van der Waals surface area contributed by atoms with E-state index in [-0.39, 0.29) is 11.8 Å². The molecule has 120 valence electrons. The summed E-state index contributed by atoms with van der Waals surface area (Å²) in [7, 11) is 0. The third-order valence-electron chi connectivity index (χ3n) is 3.78. The molecule has 0 spiro atoms. The number of nitrogens with zero attached hydrogens (tertiary/aromatic N) is 1. The van der Waals surface area contributed by atoms with E-state index in [2.05, 4.69) is 5.32 Å². The van der Waals surface area contributed by atoms with Gasteiger partial charge < -0.3 is 10.2 Å². The number of aryl methyl sites for hydroxylation is 1. The molecule has 1 heterocycles. The Morgan fingerprint density at radius 2 is 1.77 bits per heavy atom. The van der Waals surface area contributed by atoms with Crippen molar-refractivity contribution in [3.8, 4) is 0 Å². The lowest BCUT2D eigenvalue weighted by atomic mass is 10.1. The molecule has 0 aliphatic carbocycles. The second-order valence-electron chi connectivity index (χ2n) is 5.70. The van der Waals surface area contributed by atoms with Crippen LogP contribution >= 0.6 is 11.8 Å². The summed E-state index contributed by atoms with van der Waals surface area (Å²) in [5.41, 5.74) is 2.30. The van der Waals surface area contributed by atoms with Crippen LogP contribution in [0.3, 0.4) is 0 Å². The van der Waals surface area contributed by atoms with Gasteiger partial charge in [0.25, 0.3) is 0 Å². The fraction of sp³-hybridized carbons (Fsp3) is 0.529. The van der Waals surface area contributed by atoms with Crippen molar-refractivity contribution in [1.82, 2.24) is 10.2 Å². The Balaban J connectivity index is 1.61. The Kier molecular flexibility index (Phi) is 6.77. The minimum atomic E-state index is -0.0166. The maximum atomic E-state index is 12.0. The van der Waals surface area contributed by atoms with Gasteiger partial charge in [-0.05, 0) is 31.7 Å². The van der Waals surface area contributed by atoms with E-state index < -0.39 is 0 Å². The predicted octanol–water partition coefficient (Wildman–Crippen LogP) is 2.36. The minimum Gasteiger partial charge on any atom is -0.351 e. The second kappa shape index (κ2) is 8.83. The Hall–Kier alpha value is -1.49. The van der Waals surface area contributed by atoms with Crippen LogP contribution < -0.4 is 5.32 Å². The normalized spacial score (nSPS) is 14.7. The highest BCUT2D eigenvalue weighted by molar-refractivity contribution is 8.00. The molecule has 1 aliphatic heterocycles. The Labute approximate surface area is 136 Å². The predicted molar refractivity (Wildman–Crippen MR) is 90.8 cm³/mol. The van der Waals surface area contributed by atoms with Crippen LogP contribution in [-0.2, 0) is 16.1 Å². The number of rotatable bonds is 6.